The third-order valence-electron chi connectivity index (χ3n) is 2.21. The highest BCUT2D eigenvalue weighted by atomic mass is 33.1. The molecule has 0 saturated carbocycles. The van der Waals surface area contributed by atoms with Gasteiger partial charge in [-0.25, -0.2) is 4.98 Å². The first-order valence-corrected chi connectivity index (χ1v) is 9.19. The maximum atomic E-state index is 10.1. The Bertz CT molecular complexity index is 470. The summed E-state index contributed by atoms with van der Waals surface area (Å²) < 4.78 is 4.42. The minimum absolute atomic E-state index is 0.315. The minimum atomic E-state index is -0.554. The average Bonchev–Trinajstić information content (AvgIpc) is 2.51. The second-order valence-corrected chi connectivity index (χ2v) is 7.01. The molecule has 0 saturated heterocycles. The zero-order valence-corrected chi connectivity index (χ0v) is 15.2. The molecule has 0 aliphatic rings. The van der Waals surface area contributed by atoms with E-state index < -0.39 is 12.0 Å². The van der Waals surface area contributed by atoms with E-state index in [0.717, 1.165) is 23.4 Å². The number of primary amides is 1. The molecule has 0 spiro atoms. The number of pyridine rings is 1. The third kappa shape index (κ3) is 15.2. The molecule has 0 fully saturated rings. The van der Waals surface area contributed by atoms with Crippen molar-refractivity contribution in [2.24, 2.45) is 5.73 Å². The van der Waals surface area contributed by atoms with Crippen molar-refractivity contribution in [2.45, 2.75) is 18.1 Å². The molecule has 1 amide bonds. The van der Waals surface area contributed by atoms with Crippen LogP contribution in [0.25, 0.3) is 0 Å². The lowest BCUT2D eigenvalue weighted by Gasteiger charge is -2.07. The van der Waals surface area contributed by atoms with Gasteiger partial charge in [0, 0.05) is 24.6 Å². The molecule has 1 aromatic rings. The van der Waals surface area contributed by atoms with E-state index in [1.54, 1.807) is 17.7 Å². The minimum Gasteiger partial charge on any atom is -0.461 e. The Labute approximate surface area is 145 Å². The lowest BCUT2D eigenvalue weighted by molar-refractivity contribution is -0.131. The van der Waals surface area contributed by atoms with Gasteiger partial charge in [-0.2, -0.15) is 0 Å². The van der Waals surface area contributed by atoms with Gasteiger partial charge in [0.15, 0.2) is 0 Å². The number of nitrogens with zero attached hydrogens (tertiary/aromatic N) is 2. The number of rotatable bonds is 9. The molecule has 1 rings (SSSR count). The van der Waals surface area contributed by atoms with Gasteiger partial charge in [-0.05, 0) is 50.0 Å². The normalized spacial score (nSPS) is 11.7. The van der Waals surface area contributed by atoms with Gasteiger partial charge in [0.25, 0.3) is 6.47 Å². The van der Waals surface area contributed by atoms with Crippen molar-refractivity contribution in [3.63, 3.8) is 0 Å². The second kappa shape index (κ2) is 14.1. The summed E-state index contributed by atoms with van der Waals surface area (Å²) in [4.78, 5) is 26.2. The van der Waals surface area contributed by atoms with E-state index in [4.69, 9.17) is 5.73 Å². The van der Waals surface area contributed by atoms with Gasteiger partial charge in [0.2, 0.25) is 5.91 Å². The third-order valence-corrected chi connectivity index (χ3v) is 4.45. The van der Waals surface area contributed by atoms with E-state index in [1.807, 2.05) is 35.2 Å². The van der Waals surface area contributed by atoms with E-state index >= 15 is 0 Å². The van der Waals surface area contributed by atoms with Gasteiger partial charge in [0.1, 0.15) is 11.1 Å². The highest BCUT2D eigenvalue weighted by Crippen LogP contribution is 2.28. The molecule has 23 heavy (non-hydrogen) atoms. The molecule has 6 nitrogen and oxygen atoms in total. The molecular weight excluding hydrogens is 334 g/mol. The smallest absolute Gasteiger partial charge is 0.293 e. The van der Waals surface area contributed by atoms with Gasteiger partial charge in [-0.15, -0.1) is 0 Å². The number of nitrogens with two attached hydrogens (primary N) is 1. The first kappa shape index (κ1) is 21.5. The van der Waals surface area contributed by atoms with Crippen molar-refractivity contribution in [2.75, 3.05) is 26.4 Å². The van der Waals surface area contributed by atoms with Gasteiger partial charge in [-0.1, -0.05) is 16.9 Å². The van der Waals surface area contributed by atoms with Gasteiger partial charge >= 0.3 is 0 Å². The second-order valence-electron chi connectivity index (χ2n) is 4.58. The Morgan fingerprint density at radius 1 is 1.48 bits per heavy atom. The molecule has 0 radical (unpaired) electrons. The molecule has 1 heterocycles. The van der Waals surface area contributed by atoms with Crippen molar-refractivity contribution >= 4 is 34.0 Å². The van der Waals surface area contributed by atoms with Crippen LogP contribution in [0.15, 0.2) is 41.6 Å². The van der Waals surface area contributed by atoms with E-state index in [1.165, 1.54) is 6.08 Å². The largest absolute Gasteiger partial charge is 0.461 e. The Hall–Kier alpha value is -1.51. The maximum absolute atomic E-state index is 10.1. The van der Waals surface area contributed by atoms with E-state index in [-0.39, 0.29) is 0 Å². The Kier molecular flexibility index (Phi) is 13.2. The number of ether oxygens (including phenoxy) is 1. The van der Waals surface area contributed by atoms with Crippen molar-refractivity contribution in [3.8, 4) is 0 Å². The predicted molar refractivity (Wildman–Crippen MR) is 96.1 cm³/mol. The zero-order chi connectivity index (χ0) is 17.5. The number of amides is 1. The van der Waals surface area contributed by atoms with E-state index in [2.05, 4.69) is 28.7 Å². The number of aromatic nitrogens is 1. The highest BCUT2D eigenvalue weighted by Gasteiger charge is 1.95. The van der Waals surface area contributed by atoms with Gasteiger partial charge in [0.05, 0.1) is 0 Å². The fraction of sp³-hybridized carbons (Fsp3) is 0.400. The summed E-state index contributed by atoms with van der Waals surface area (Å²) in [7, 11) is 7.77. The maximum Gasteiger partial charge on any atom is 0.293 e. The zero-order valence-electron chi connectivity index (χ0n) is 13.5. The Morgan fingerprint density at radius 3 is 2.74 bits per heavy atom. The summed E-state index contributed by atoms with van der Waals surface area (Å²) in [5.74, 6) is 0.579. The van der Waals surface area contributed by atoms with Crippen molar-refractivity contribution < 1.29 is 14.3 Å². The molecule has 1 unspecified atom stereocenters. The molecule has 1 aromatic heterocycles. The molecular formula is C15H23N3O3S2. The summed E-state index contributed by atoms with van der Waals surface area (Å²) in [6.45, 7) is 3.05. The molecule has 8 heteroatoms. The predicted octanol–water partition coefficient (Wildman–Crippen LogP) is 1.97. The fourth-order valence-electron chi connectivity index (χ4n) is 1.08. The topological polar surface area (TPSA) is 85.5 Å². The van der Waals surface area contributed by atoms with E-state index in [9.17, 15) is 9.59 Å². The molecule has 0 aliphatic heterocycles. The SMILES string of the molecule is CC(/C=C\C(N)=O)OC=O.CN(C)CCSSc1ccccn1. The van der Waals surface area contributed by atoms with Crippen LogP contribution in [0.1, 0.15) is 6.92 Å². The van der Waals surface area contributed by atoms with Crippen LogP contribution in [0, 0.1) is 0 Å². The molecule has 0 bridgehead atoms. The van der Waals surface area contributed by atoms with Crippen LogP contribution in [0.2, 0.25) is 0 Å². The molecule has 0 aliphatic carbocycles. The van der Waals surface area contributed by atoms with Crippen LogP contribution in [-0.4, -0.2) is 54.8 Å². The highest BCUT2D eigenvalue weighted by molar-refractivity contribution is 8.76. The number of carbonyl (C=O) groups excluding carboxylic acids is 2. The van der Waals surface area contributed by atoms with Crippen molar-refractivity contribution in [1.29, 1.82) is 0 Å². The van der Waals surface area contributed by atoms with Gasteiger partial charge < -0.3 is 15.4 Å². The van der Waals surface area contributed by atoms with Crippen LogP contribution in [0.4, 0.5) is 0 Å². The molecule has 2 N–H and O–H groups in total. The van der Waals surface area contributed by atoms with E-state index in [0.29, 0.717) is 6.47 Å². The Morgan fingerprint density at radius 2 is 2.22 bits per heavy atom. The molecule has 1 atom stereocenters. The molecule has 128 valence electrons. The summed E-state index contributed by atoms with van der Waals surface area (Å²) >= 11 is 0. The van der Waals surface area contributed by atoms with Crippen LogP contribution in [-0.2, 0) is 14.3 Å². The lowest BCUT2D eigenvalue weighted by atomic mass is 10.3. The van der Waals surface area contributed by atoms with Crippen LogP contribution in [0.3, 0.4) is 0 Å². The number of hydrogen-bond donors (Lipinski definition) is 1. The summed E-state index contributed by atoms with van der Waals surface area (Å²) in [6, 6.07) is 5.99. The number of hydrogen-bond acceptors (Lipinski definition) is 7. The van der Waals surface area contributed by atoms with Crippen molar-refractivity contribution in [1.82, 2.24) is 9.88 Å². The fourth-order valence-corrected chi connectivity index (χ4v) is 3.09. The lowest BCUT2D eigenvalue weighted by Crippen LogP contribution is -2.14. The summed E-state index contributed by atoms with van der Waals surface area (Å²) in [5, 5.41) is 1.09. The number of carbonyl (C=O) groups is 2. The standard InChI is InChI=1S/C9H14N2S2.C6H9NO3/c1-11(2)7-8-12-13-9-5-3-4-6-10-9;1-5(10-4-8)2-3-6(7)9/h3-6H,7-8H2,1-2H3;2-5H,1H3,(H2,7,9)/b;3-2-. The average molecular weight is 358 g/mol. The Balaban J connectivity index is 0.000000438. The quantitative estimate of drug-likeness (QED) is 0.313. The van der Waals surface area contributed by atoms with Crippen LogP contribution in [0.5, 0.6) is 0 Å². The first-order chi connectivity index (χ1) is 11.0. The first-order valence-electron chi connectivity index (χ1n) is 6.87. The van der Waals surface area contributed by atoms with Gasteiger partial charge in [-0.3, -0.25) is 9.59 Å². The monoisotopic (exact) mass is 357 g/mol. The van der Waals surface area contributed by atoms with Crippen LogP contribution < -0.4 is 5.73 Å². The summed E-state index contributed by atoms with van der Waals surface area (Å²) in [5.41, 5.74) is 4.77. The van der Waals surface area contributed by atoms with Crippen molar-refractivity contribution in [3.05, 3.63) is 36.5 Å². The summed E-state index contributed by atoms with van der Waals surface area (Å²) in [6.07, 6.45) is 3.98. The van der Waals surface area contributed by atoms with Crippen LogP contribution >= 0.6 is 21.6 Å². The molecule has 0 aromatic carbocycles.